The minimum atomic E-state index is 0.311. The van der Waals surface area contributed by atoms with Crippen molar-refractivity contribution in [2.24, 2.45) is 0 Å². The molecule has 0 aromatic rings. The van der Waals surface area contributed by atoms with Crippen molar-refractivity contribution in [3.05, 3.63) is 0 Å². The first kappa shape index (κ1) is 24.8. The standard InChI is InChI=1S/C22H44N2O2S2/c25-17-9-7-15-23-19-21(11-3-1-4-12-21)27-28-22(13-5-2-6-14-22)20-24-16-8-10-18-26/h23-26H,1-20H2. The maximum Gasteiger partial charge on any atom is 0.0431 e. The smallest absolute Gasteiger partial charge is 0.0431 e. The van der Waals surface area contributed by atoms with Crippen molar-refractivity contribution in [3.63, 3.8) is 0 Å². The normalized spacial score (nSPS) is 21.6. The molecule has 0 spiro atoms. The minimum absolute atomic E-state index is 0.311. The summed E-state index contributed by atoms with van der Waals surface area (Å²) in [6.07, 6.45) is 17.6. The fourth-order valence-electron chi connectivity index (χ4n) is 4.50. The summed E-state index contributed by atoms with van der Waals surface area (Å²) in [6, 6.07) is 0. The van der Waals surface area contributed by atoms with Gasteiger partial charge in [0, 0.05) is 35.8 Å². The molecule has 2 saturated carbocycles. The molecule has 2 rings (SSSR count). The van der Waals surface area contributed by atoms with Crippen LogP contribution in [0.5, 0.6) is 0 Å². The third-order valence-electron chi connectivity index (χ3n) is 6.34. The third kappa shape index (κ3) is 9.13. The molecule has 2 aliphatic carbocycles. The van der Waals surface area contributed by atoms with Gasteiger partial charge in [-0.25, -0.2) is 0 Å². The highest BCUT2D eigenvalue weighted by Gasteiger charge is 2.39. The van der Waals surface area contributed by atoms with Crippen molar-refractivity contribution < 1.29 is 10.2 Å². The van der Waals surface area contributed by atoms with Crippen LogP contribution in [0.25, 0.3) is 0 Å². The van der Waals surface area contributed by atoms with Crippen LogP contribution in [-0.4, -0.2) is 59.1 Å². The molecule has 28 heavy (non-hydrogen) atoms. The number of nitrogens with one attached hydrogen (secondary N) is 2. The monoisotopic (exact) mass is 432 g/mol. The van der Waals surface area contributed by atoms with Crippen molar-refractivity contribution in [2.75, 3.05) is 39.4 Å². The molecule has 0 radical (unpaired) electrons. The maximum atomic E-state index is 8.99. The molecule has 0 aliphatic heterocycles. The second-order valence-electron chi connectivity index (χ2n) is 8.87. The Balaban J connectivity index is 1.85. The lowest BCUT2D eigenvalue weighted by atomic mass is 9.88. The topological polar surface area (TPSA) is 64.5 Å². The molecule has 2 aliphatic rings. The fourth-order valence-corrected chi connectivity index (χ4v) is 8.50. The Kier molecular flexibility index (Phi) is 12.9. The van der Waals surface area contributed by atoms with Gasteiger partial charge in [0.1, 0.15) is 0 Å². The number of aliphatic hydroxyl groups is 2. The molecular weight excluding hydrogens is 388 g/mol. The van der Waals surface area contributed by atoms with Crippen molar-refractivity contribution >= 4 is 21.6 Å². The summed E-state index contributed by atoms with van der Waals surface area (Å²) in [5, 5.41) is 25.4. The van der Waals surface area contributed by atoms with Gasteiger partial charge in [-0.05, 0) is 64.5 Å². The summed E-state index contributed by atoms with van der Waals surface area (Å²) < 4.78 is 0.785. The van der Waals surface area contributed by atoms with Gasteiger partial charge in [-0.1, -0.05) is 60.1 Å². The number of unbranched alkanes of at least 4 members (excludes halogenated alkanes) is 2. The highest BCUT2D eigenvalue weighted by atomic mass is 33.1. The molecule has 0 bridgehead atoms. The zero-order valence-electron chi connectivity index (χ0n) is 17.9. The molecular formula is C22H44N2O2S2. The van der Waals surface area contributed by atoms with Crippen LogP contribution in [0.15, 0.2) is 0 Å². The molecule has 4 N–H and O–H groups in total. The summed E-state index contributed by atoms with van der Waals surface area (Å²) in [5.41, 5.74) is 0. The second-order valence-corrected chi connectivity index (χ2v) is 11.9. The summed E-state index contributed by atoms with van der Waals surface area (Å²) >= 11 is 0. The van der Waals surface area contributed by atoms with Gasteiger partial charge >= 0.3 is 0 Å². The summed E-state index contributed by atoms with van der Waals surface area (Å²) in [4.78, 5) is 0. The summed E-state index contributed by atoms with van der Waals surface area (Å²) in [6.45, 7) is 4.93. The third-order valence-corrected chi connectivity index (χ3v) is 10.6. The lowest BCUT2D eigenvalue weighted by molar-refractivity contribution is 0.282. The van der Waals surface area contributed by atoms with E-state index < -0.39 is 0 Å². The predicted molar refractivity (Wildman–Crippen MR) is 125 cm³/mol. The zero-order chi connectivity index (χ0) is 20.0. The van der Waals surface area contributed by atoms with Crippen LogP contribution in [0.3, 0.4) is 0 Å². The zero-order valence-corrected chi connectivity index (χ0v) is 19.5. The molecule has 166 valence electrons. The molecule has 0 amide bonds. The number of rotatable bonds is 15. The molecule has 2 fully saturated rings. The van der Waals surface area contributed by atoms with Gasteiger partial charge in [-0.15, -0.1) is 0 Å². The first-order valence-electron chi connectivity index (χ1n) is 11.7. The van der Waals surface area contributed by atoms with E-state index in [2.05, 4.69) is 32.2 Å². The molecule has 0 atom stereocenters. The molecule has 0 unspecified atom stereocenters. The first-order valence-corrected chi connectivity index (χ1v) is 13.9. The molecule has 6 heteroatoms. The van der Waals surface area contributed by atoms with Crippen molar-refractivity contribution in [1.82, 2.24) is 10.6 Å². The van der Waals surface area contributed by atoms with E-state index >= 15 is 0 Å². The van der Waals surface area contributed by atoms with Crippen LogP contribution < -0.4 is 10.6 Å². The molecule has 0 heterocycles. The Morgan fingerprint density at radius 3 is 1.32 bits per heavy atom. The predicted octanol–water partition coefficient (Wildman–Crippen LogP) is 4.50. The van der Waals surface area contributed by atoms with Crippen LogP contribution in [0.2, 0.25) is 0 Å². The van der Waals surface area contributed by atoms with E-state index in [1.54, 1.807) is 0 Å². The van der Waals surface area contributed by atoms with E-state index in [-0.39, 0.29) is 0 Å². The van der Waals surface area contributed by atoms with E-state index in [0.717, 1.165) is 51.9 Å². The first-order chi connectivity index (χ1) is 13.7. The highest BCUT2D eigenvalue weighted by Crippen LogP contribution is 2.53. The average Bonchev–Trinajstić information content (AvgIpc) is 2.74. The largest absolute Gasteiger partial charge is 0.396 e. The average molecular weight is 433 g/mol. The van der Waals surface area contributed by atoms with Gasteiger partial charge in [-0.3, -0.25) is 0 Å². The van der Waals surface area contributed by atoms with Gasteiger partial charge < -0.3 is 20.8 Å². The quantitative estimate of drug-likeness (QED) is 0.226. The summed E-state index contributed by atoms with van der Waals surface area (Å²) in [5.74, 6) is 0. The number of aliphatic hydroxyl groups excluding tert-OH is 2. The minimum Gasteiger partial charge on any atom is -0.396 e. The molecule has 4 nitrogen and oxygen atoms in total. The number of hydrogen-bond acceptors (Lipinski definition) is 6. The van der Waals surface area contributed by atoms with E-state index in [4.69, 9.17) is 10.2 Å². The Bertz CT molecular complexity index is 351. The van der Waals surface area contributed by atoms with E-state index in [1.165, 1.54) is 64.2 Å². The van der Waals surface area contributed by atoms with Crippen LogP contribution in [0.4, 0.5) is 0 Å². The Labute approximate surface area is 181 Å². The van der Waals surface area contributed by atoms with Crippen LogP contribution >= 0.6 is 21.6 Å². The Hall–Kier alpha value is 0.540. The number of hydrogen-bond donors (Lipinski definition) is 4. The van der Waals surface area contributed by atoms with Crippen LogP contribution in [-0.2, 0) is 0 Å². The van der Waals surface area contributed by atoms with Crippen LogP contribution in [0, 0.1) is 0 Å². The van der Waals surface area contributed by atoms with Gasteiger partial charge in [0.05, 0.1) is 0 Å². The molecule has 0 aromatic carbocycles. The molecule has 0 aromatic heterocycles. The highest BCUT2D eigenvalue weighted by molar-refractivity contribution is 8.77. The van der Waals surface area contributed by atoms with E-state index in [0.29, 0.717) is 22.7 Å². The van der Waals surface area contributed by atoms with Crippen molar-refractivity contribution in [3.8, 4) is 0 Å². The Morgan fingerprint density at radius 1 is 0.571 bits per heavy atom. The van der Waals surface area contributed by atoms with E-state index in [1.807, 2.05) is 0 Å². The lowest BCUT2D eigenvalue weighted by Gasteiger charge is -2.42. The van der Waals surface area contributed by atoms with Crippen LogP contribution in [0.1, 0.15) is 89.9 Å². The van der Waals surface area contributed by atoms with Crippen molar-refractivity contribution in [1.29, 1.82) is 0 Å². The SMILES string of the molecule is OCCCCNCC1(SSC2(CNCCCCO)CCCCC2)CCCCC1. The van der Waals surface area contributed by atoms with E-state index in [9.17, 15) is 0 Å². The second kappa shape index (κ2) is 14.5. The molecule has 0 saturated heterocycles. The van der Waals surface area contributed by atoms with Gasteiger partial charge in [-0.2, -0.15) is 0 Å². The lowest BCUT2D eigenvalue weighted by Crippen LogP contribution is -2.42. The fraction of sp³-hybridized carbons (Fsp3) is 1.00. The Morgan fingerprint density at radius 2 is 0.964 bits per heavy atom. The summed E-state index contributed by atoms with van der Waals surface area (Å²) in [7, 11) is 4.41. The maximum absolute atomic E-state index is 8.99. The van der Waals surface area contributed by atoms with Gasteiger partial charge in [0.2, 0.25) is 0 Å². The van der Waals surface area contributed by atoms with Gasteiger partial charge in [0.25, 0.3) is 0 Å². The van der Waals surface area contributed by atoms with Crippen molar-refractivity contribution in [2.45, 2.75) is 99.4 Å². The van der Waals surface area contributed by atoms with Gasteiger partial charge in [0.15, 0.2) is 0 Å².